The van der Waals surface area contributed by atoms with Crippen LogP contribution in [0.25, 0.3) is 0 Å². The molecule has 0 atom stereocenters. The summed E-state index contributed by atoms with van der Waals surface area (Å²) in [5.74, 6) is -1.79. The zero-order chi connectivity index (χ0) is 32.0. The number of esters is 5. The molecule has 10 heteroatoms. The SMILES string of the molecule is C=CC(=O)OCC(C)(C)COC(=O)CCC(=O)OCCc1ccc(OC(=O)C2CCC(C(=O)Oc3ccccc3)CC2)cc1. The molecular formula is C34H40O10. The molecule has 236 valence electrons. The molecule has 3 rings (SSSR count). The second kappa shape index (κ2) is 17.0. The summed E-state index contributed by atoms with van der Waals surface area (Å²) in [7, 11) is 0. The number of para-hydroxylation sites is 1. The molecule has 1 aliphatic rings. The Morgan fingerprint density at radius 3 is 1.77 bits per heavy atom. The third kappa shape index (κ3) is 12.0. The van der Waals surface area contributed by atoms with E-state index in [0.29, 0.717) is 43.6 Å². The summed E-state index contributed by atoms with van der Waals surface area (Å²) in [4.78, 5) is 60.3. The van der Waals surface area contributed by atoms with Gasteiger partial charge in [-0.3, -0.25) is 19.2 Å². The van der Waals surface area contributed by atoms with Crippen LogP contribution in [-0.4, -0.2) is 49.7 Å². The van der Waals surface area contributed by atoms with Gasteiger partial charge in [-0.2, -0.15) is 0 Å². The summed E-state index contributed by atoms with van der Waals surface area (Å²) in [6, 6.07) is 15.9. The molecular weight excluding hydrogens is 568 g/mol. The van der Waals surface area contributed by atoms with Gasteiger partial charge in [-0.05, 0) is 55.5 Å². The highest BCUT2D eigenvalue weighted by atomic mass is 16.6. The lowest BCUT2D eigenvalue weighted by atomic mass is 9.82. The van der Waals surface area contributed by atoms with Crippen LogP contribution in [-0.2, 0) is 44.6 Å². The smallest absolute Gasteiger partial charge is 0.330 e. The van der Waals surface area contributed by atoms with Gasteiger partial charge in [-0.25, -0.2) is 4.79 Å². The Morgan fingerprint density at radius 2 is 1.23 bits per heavy atom. The number of benzene rings is 2. The molecule has 0 radical (unpaired) electrons. The maximum atomic E-state index is 12.7. The predicted octanol–water partition coefficient (Wildman–Crippen LogP) is 5.17. The fourth-order valence-electron chi connectivity index (χ4n) is 4.45. The molecule has 1 saturated carbocycles. The number of carbonyl (C=O) groups excluding carboxylic acids is 5. The molecule has 44 heavy (non-hydrogen) atoms. The molecule has 1 fully saturated rings. The van der Waals surface area contributed by atoms with Crippen molar-refractivity contribution in [3.63, 3.8) is 0 Å². The lowest BCUT2D eigenvalue weighted by molar-refractivity contribution is -0.154. The molecule has 0 amide bonds. The Labute approximate surface area is 257 Å². The molecule has 0 aliphatic heterocycles. The zero-order valence-corrected chi connectivity index (χ0v) is 25.3. The van der Waals surface area contributed by atoms with E-state index in [0.717, 1.165) is 11.6 Å². The van der Waals surface area contributed by atoms with Crippen LogP contribution >= 0.6 is 0 Å². The zero-order valence-electron chi connectivity index (χ0n) is 25.3. The molecule has 1 aliphatic carbocycles. The van der Waals surface area contributed by atoms with E-state index in [1.165, 1.54) is 0 Å². The highest BCUT2D eigenvalue weighted by Crippen LogP contribution is 2.31. The maximum Gasteiger partial charge on any atom is 0.330 e. The van der Waals surface area contributed by atoms with E-state index in [1.807, 2.05) is 6.07 Å². The molecule has 0 heterocycles. The van der Waals surface area contributed by atoms with Gasteiger partial charge in [0, 0.05) is 17.9 Å². The second-order valence-corrected chi connectivity index (χ2v) is 11.5. The average Bonchev–Trinajstić information content (AvgIpc) is 3.03. The number of rotatable bonds is 15. The summed E-state index contributed by atoms with van der Waals surface area (Å²) in [5, 5.41) is 0. The van der Waals surface area contributed by atoms with Crippen molar-refractivity contribution >= 4 is 29.8 Å². The minimum Gasteiger partial charge on any atom is -0.465 e. The van der Waals surface area contributed by atoms with E-state index >= 15 is 0 Å². The van der Waals surface area contributed by atoms with Gasteiger partial charge in [0.2, 0.25) is 0 Å². The summed E-state index contributed by atoms with van der Waals surface area (Å²) in [5.41, 5.74) is 0.302. The van der Waals surface area contributed by atoms with Crippen LogP contribution in [0.4, 0.5) is 0 Å². The minimum absolute atomic E-state index is 0.0311. The Balaban J connectivity index is 1.29. The molecule has 0 N–H and O–H groups in total. The number of carbonyl (C=O) groups is 5. The second-order valence-electron chi connectivity index (χ2n) is 11.5. The van der Waals surface area contributed by atoms with Crippen molar-refractivity contribution in [2.24, 2.45) is 17.3 Å². The first-order valence-corrected chi connectivity index (χ1v) is 14.7. The molecule has 0 saturated heterocycles. The van der Waals surface area contributed by atoms with Gasteiger partial charge in [0.05, 0.1) is 44.5 Å². The average molecular weight is 609 g/mol. The topological polar surface area (TPSA) is 132 Å². The van der Waals surface area contributed by atoms with Crippen LogP contribution in [0, 0.1) is 17.3 Å². The Hall–Kier alpha value is -4.47. The van der Waals surface area contributed by atoms with Crippen molar-refractivity contribution in [2.45, 2.75) is 58.8 Å². The van der Waals surface area contributed by atoms with Crippen LogP contribution < -0.4 is 9.47 Å². The molecule has 0 unspecified atom stereocenters. The van der Waals surface area contributed by atoms with Gasteiger partial charge in [-0.15, -0.1) is 0 Å². The van der Waals surface area contributed by atoms with E-state index in [2.05, 4.69) is 6.58 Å². The van der Waals surface area contributed by atoms with Gasteiger partial charge < -0.3 is 23.7 Å². The summed E-state index contributed by atoms with van der Waals surface area (Å²) < 4.78 is 26.4. The fraction of sp³-hybridized carbons (Fsp3) is 0.441. The Bertz CT molecular complexity index is 1270. The highest BCUT2D eigenvalue weighted by Gasteiger charge is 2.32. The third-order valence-electron chi connectivity index (χ3n) is 7.08. The van der Waals surface area contributed by atoms with Crippen LogP contribution in [0.2, 0.25) is 0 Å². The van der Waals surface area contributed by atoms with Crippen molar-refractivity contribution in [3.8, 4) is 11.5 Å². The predicted molar refractivity (Wildman–Crippen MR) is 159 cm³/mol. The first-order valence-electron chi connectivity index (χ1n) is 14.7. The van der Waals surface area contributed by atoms with Crippen LogP contribution in [0.3, 0.4) is 0 Å². The quantitative estimate of drug-likeness (QED) is 0.115. The van der Waals surface area contributed by atoms with Crippen molar-refractivity contribution in [2.75, 3.05) is 19.8 Å². The van der Waals surface area contributed by atoms with E-state index < -0.39 is 23.3 Å². The van der Waals surface area contributed by atoms with Gasteiger partial charge in [0.15, 0.2) is 0 Å². The van der Waals surface area contributed by atoms with E-state index in [4.69, 9.17) is 23.7 Å². The molecule has 0 spiro atoms. The standard InChI is InChI=1S/C34H40O10/c1-4-29(35)41-22-34(2,3)23-42-31(37)19-18-30(36)40-21-20-24-10-16-28(17-11-24)44-33(39)26-14-12-25(13-15-26)32(38)43-27-8-6-5-7-9-27/h4-11,16-17,25-26H,1,12-15,18-23H2,2-3H3. The fourth-order valence-corrected chi connectivity index (χ4v) is 4.45. The molecule has 2 aromatic rings. The van der Waals surface area contributed by atoms with E-state index in [1.54, 1.807) is 62.4 Å². The Kier molecular flexibility index (Phi) is 13.1. The van der Waals surface area contributed by atoms with Crippen molar-refractivity contribution in [1.82, 2.24) is 0 Å². The number of hydrogen-bond donors (Lipinski definition) is 0. The van der Waals surface area contributed by atoms with Crippen LogP contribution in [0.1, 0.15) is 57.9 Å². The van der Waals surface area contributed by atoms with Gasteiger partial charge in [-0.1, -0.05) is 50.8 Å². The van der Waals surface area contributed by atoms with Gasteiger partial charge in [0.25, 0.3) is 0 Å². The molecule has 0 bridgehead atoms. The van der Waals surface area contributed by atoms with Gasteiger partial charge >= 0.3 is 29.8 Å². The molecule has 2 aromatic carbocycles. The number of ether oxygens (including phenoxy) is 5. The molecule has 10 nitrogen and oxygen atoms in total. The van der Waals surface area contributed by atoms with Crippen molar-refractivity contribution in [1.29, 1.82) is 0 Å². The minimum atomic E-state index is -0.581. The lowest BCUT2D eigenvalue weighted by Crippen LogP contribution is -2.30. The maximum absolute atomic E-state index is 12.7. The lowest BCUT2D eigenvalue weighted by Gasteiger charge is -2.25. The third-order valence-corrected chi connectivity index (χ3v) is 7.08. The van der Waals surface area contributed by atoms with E-state index in [9.17, 15) is 24.0 Å². The van der Waals surface area contributed by atoms with Crippen molar-refractivity contribution < 1.29 is 47.7 Å². The Morgan fingerprint density at radius 1 is 0.727 bits per heavy atom. The van der Waals surface area contributed by atoms with Gasteiger partial charge in [0.1, 0.15) is 11.5 Å². The van der Waals surface area contributed by atoms with Crippen molar-refractivity contribution in [3.05, 3.63) is 72.8 Å². The molecule has 0 aromatic heterocycles. The first kappa shape index (κ1) is 34.0. The van der Waals surface area contributed by atoms with Crippen LogP contribution in [0.5, 0.6) is 11.5 Å². The summed E-state index contributed by atoms with van der Waals surface area (Å²) in [6.07, 6.45) is 3.51. The summed E-state index contributed by atoms with van der Waals surface area (Å²) in [6.45, 7) is 7.11. The largest absolute Gasteiger partial charge is 0.465 e. The monoisotopic (exact) mass is 608 g/mol. The van der Waals surface area contributed by atoms with Crippen LogP contribution in [0.15, 0.2) is 67.3 Å². The first-order chi connectivity index (χ1) is 21.0. The highest BCUT2D eigenvalue weighted by molar-refractivity contribution is 5.81. The summed E-state index contributed by atoms with van der Waals surface area (Å²) >= 11 is 0. The van der Waals surface area contributed by atoms with E-state index in [-0.39, 0.29) is 56.4 Å². The normalized spacial score (nSPS) is 16.2. The number of hydrogen-bond acceptors (Lipinski definition) is 10.